The van der Waals surface area contributed by atoms with E-state index in [1.54, 1.807) is 37.4 Å². The highest BCUT2D eigenvalue weighted by Gasteiger charge is 2.64. The summed E-state index contributed by atoms with van der Waals surface area (Å²) in [5.74, 6) is -2.29. The van der Waals surface area contributed by atoms with Crippen LogP contribution in [0.15, 0.2) is 77.4 Å². The molecule has 0 aromatic heterocycles. The van der Waals surface area contributed by atoms with Gasteiger partial charge in [-0.15, -0.1) is 0 Å². The highest BCUT2D eigenvalue weighted by Crippen LogP contribution is 2.53. The minimum atomic E-state index is -0.889. The number of amides is 2. The molecule has 0 saturated carbocycles. The number of anilines is 1. The van der Waals surface area contributed by atoms with Gasteiger partial charge < -0.3 is 14.4 Å². The Morgan fingerprint density at radius 3 is 2.33 bits per heavy atom. The van der Waals surface area contributed by atoms with Gasteiger partial charge in [0, 0.05) is 18.7 Å². The SMILES string of the molecule is COc1ccc(C(=O)[C@H]2[C@H]3C(=O)N(c4ccc(OC(C)=O)cc4)C(=O)[C@H]3[C@@H]3c4ccccc4C=CN23)cc1Br. The van der Waals surface area contributed by atoms with E-state index in [1.807, 2.05) is 41.4 Å². The zero-order valence-corrected chi connectivity index (χ0v) is 22.6. The summed E-state index contributed by atoms with van der Waals surface area (Å²) in [7, 11) is 1.54. The largest absolute Gasteiger partial charge is 0.496 e. The van der Waals surface area contributed by atoms with Crippen LogP contribution < -0.4 is 14.4 Å². The maximum atomic E-state index is 14.1. The average Bonchev–Trinajstić information content (AvgIpc) is 3.40. The lowest BCUT2D eigenvalue weighted by atomic mass is 9.83. The van der Waals surface area contributed by atoms with Gasteiger partial charge in [-0.3, -0.25) is 19.2 Å². The molecule has 0 N–H and O–H groups in total. The first kappa shape index (κ1) is 25.1. The van der Waals surface area contributed by atoms with Gasteiger partial charge in [0.1, 0.15) is 17.5 Å². The number of carbonyl (C=O) groups is 4. The molecule has 6 rings (SSSR count). The number of benzene rings is 3. The van der Waals surface area contributed by atoms with Crippen molar-refractivity contribution in [1.29, 1.82) is 0 Å². The van der Waals surface area contributed by atoms with E-state index in [9.17, 15) is 19.2 Å². The molecule has 2 saturated heterocycles. The lowest BCUT2D eigenvalue weighted by molar-refractivity contribution is -0.132. The van der Waals surface area contributed by atoms with Crippen LogP contribution in [0.3, 0.4) is 0 Å². The molecule has 8 nitrogen and oxygen atoms in total. The van der Waals surface area contributed by atoms with Crippen molar-refractivity contribution in [2.45, 2.75) is 19.0 Å². The molecule has 3 aliphatic rings. The summed E-state index contributed by atoms with van der Waals surface area (Å²) in [6, 6.07) is 17.6. The van der Waals surface area contributed by atoms with E-state index in [0.29, 0.717) is 27.2 Å². The number of hydrogen-bond acceptors (Lipinski definition) is 7. The van der Waals surface area contributed by atoms with Crippen molar-refractivity contribution in [3.63, 3.8) is 0 Å². The fourth-order valence-corrected chi connectivity index (χ4v) is 6.47. The van der Waals surface area contributed by atoms with Gasteiger partial charge in [0.25, 0.3) is 0 Å². The predicted molar refractivity (Wildman–Crippen MR) is 146 cm³/mol. The first-order valence-corrected chi connectivity index (χ1v) is 13.2. The Balaban J connectivity index is 1.44. The molecule has 39 heavy (non-hydrogen) atoms. The molecule has 2 fully saturated rings. The zero-order chi connectivity index (χ0) is 27.4. The zero-order valence-electron chi connectivity index (χ0n) is 21.0. The van der Waals surface area contributed by atoms with E-state index in [-0.39, 0.29) is 11.7 Å². The Morgan fingerprint density at radius 1 is 0.923 bits per heavy atom. The minimum Gasteiger partial charge on any atom is -0.496 e. The number of hydrogen-bond donors (Lipinski definition) is 0. The van der Waals surface area contributed by atoms with Gasteiger partial charge in [0.15, 0.2) is 5.78 Å². The number of Topliss-reactive ketones (excluding diaryl/α,β-unsaturated/α-hetero) is 1. The molecule has 0 bridgehead atoms. The van der Waals surface area contributed by atoms with Crippen LogP contribution >= 0.6 is 15.9 Å². The number of esters is 1. The highest BCUT2D eigenvalue weighted by atomic mass is 79.9. The second-order valence-electron chi connectivity index (χ2n) is 9.65. The molecule has 3 aliphatic heterocycles. The topological polar surface area (TPSA) is 93.2 Å². The van der Waals surface area contributed by atoms with Gasteiger partial charge in [-0.05, 0) is 75.6 Å². The summed E-state index contributed by atoms with van der Waals surface area (Å²) in [4.78, 5) is 56.4. The van der Waals surface area contributed by atoms with Gasteiger partial charge in [0.05, 0.1) is 35.1 Å². The van der Waals surface area contributed by atoms with Gasteiger partial charge in [-0.2, -0.15) is 0 Å². The molecule has 3 aromatic carbocycles. The van der Waals surface area contributed by atoms with Gasteiger partial charge in [-0.1, -0.05) is 24.3 Å². The van der Waals surface area contributed by atoms with Crippen LogP contribution in [-0.4, -0.2) is 41.6 Å². The third-order valence-corrected chi connectivity index (χ3v) is 8.14. The lowest BCUT2D eigenvalue weighted by Gasteiger charge is -2.35. The number of ketones is 1. The van der Waals surface area contributed by atoms with Crippen molar-refractivity contribution in [2.75, 3.05) is 12.0 Å². The number of methoxy groups -OCH3 is 1. The summed E-state index contributed by atoms with van der Waals surface area (Å²) in [6.07, 6.45) is 3.74. The maximum absolute atomic E-state index is 14.1. The number of ether oxygens (including phenoxy) is 2. The first-order chi connectivity index (χ1) is 18.8. The van der Waals surface area contributed by atoms with Crippen LogP contribution in [0.4, 0.5) is 5.69 Å². The summed E-state index contributed by atoms with van der Waals surface area (Å²) >= 11 is 3.45. The number of halogens is 1. The third kappa shape index (κ3) is 3.96. The molecule has 196 valence electrons. The van der Waals surface area contributed by atoms with Crippen LogP contribution in [0.1, 0.15) is 34.5 Å². The molecule has 0 radical (unpaired) electrons. The van der Waals surface area contributed by atoms with Gasteiger partial charge >= 0.3 is 5.97 Å². The van der Waals surface area contributed by atoms with E-state index in [2.05, 4.69) is 15.9 Å². The Labute approximate surface area is 232 Å². The fraction of sp³-hybridized carbons (Fsp3) is 0.200. The van der Waals surface area contributed by atoms with Crippen molar-refractivity contribution in [2.24, 2.45) is 11.8 Å². The molecular weight excluding hydrogens is 564 g/mol. The Bertz CT molecular complexity index is 1570. The quantitative estimate of drug-likeness (QED) is 0.184. The Hall–Kier alpha value is -4.24. The van der Waals surface area contributed by atoms with Crippen molar-refractivity contribution in [3.8, 4) is 11.5 Å². The van der Waals surface area contributed by atoms with Crippen LogP contribution in [0.5, 0.6) is 11.5 Å². The third-order valence-electron chi connectivity index (χ3n) is 7.52. The molecule has 0 spiro atoms. The average molecular weight is 587 g/mol. The van der Waals surface area contributed by atoms with Crippen molar-refractivity contribution >= 4 is 51.3 Å². The summed E-state index contributed by atoms with van der Waals surface area (Å²) in [6.45, 7) is 1.29. The smallest absolute Gasteiger partial charge is 0.308 e. The molecule has 9 heteroatoms. The molecule has 3 heterocycles. The monoisotopic (exact) mass is 586 g/mol. The van der Waals surface area contributed by atoms with E-state index in [4.69, 9.17) is 9.47 Å². The molecule has 4 atom stereocenters. The van der Waals surface area contributed by atoms with E-state index in [0.717, 1.165) is 16.0 Å². The molecule has 0 aliphatic carbocycles. The molecule has 3 aromatic rings. The van der Waals surface area contributed by atoms with Crippen molar-refractivity contribution in [3.05, 3.63) is 94.1 Å². The highest BCUT2D eigenvalue weighted by molar-refractivity contribution is 9.10. The van der Waals surface area contributed by atoms with Crippen molar-refractivity contribution < 1.29 is 28.7 Å². The second-order valence-corrected chi connectivity index (χ2v) is 10.5. The van der Waals surface area contributed by atoms with Crippen LogP contribution in [0.25, 0.3) is 6.08 Å². The fourth-order valence-electron chi connectivity index (χ4n) is 5.93. The normalized spacial score (nSPS) is 22.8. The van der Waals surface area contributed by atoms with Gasteiger partial charge in [0.2, 0.25) is 11.8 Å². The van der Waals surface area contributed by atoms with Crippen LogP contribution in [0, 0.1) is 11.8 Å². The summed E-state index contributed by atoms with van der Waals surface area (Å²) in [5, 5.41) is 0. The number of carbonyl (C=O) groups excluding carboxylic acids is 4. The summed E-state index contributed by atoms with van der Waals surface area (Å²) < 4.78 is 11.0. The lowest BCUT2D eigenvalue weighted by Crippen LogP contribution is -2.44. The first-order valence-electron chi connectivity index (χ1n) is 12.4. The number of rotatable bonds is 5. The predicted octanol–water partition coefficient (Wildman–Crippen LogP) is 4.78. The van der Waals surface area contributed by atoms with Gasteiger partial charge in [-0.25, -0.2) is 4.90 Å². The maximum Gasteiger partial charge on any atom is 0.308 e. The Morgan fingerprint density at radius 2 is 1.64 bits per heavy atom. The number of nitrogens with zero attached hydrogens (tertiary/aromatic N) is 2. The minimum absolute atomic E-state index is 0.256. The van der Waals surface area contributed by atoms with E-state index in [1.165, 1.54) is 19.1 Å². The molecule has 0 unspecified atom stereocenters. The van der Waals surface area contributed by atoms with Crippen molar-refractivity contribution in [1.82, 2.24) is 4.90 Å². The number of fused-ring (bicyclic) bond motifs is 5. The van der Waals surface area contributed by atoms with E-state index < -0.39 is 35.8 Å². The van der Waals surface area contributed by atoms with Crippen LogP contribution in [0.2, 0.25) is 0 Å². The second kappa shape index (κ2) is 9.50. The standard InChI is InChI=1S/C30H23BrN2O6/c1-16(34)39-20-10-8-19(9-11-20)33-29(36)24-25(30(33)37)27(28(35)18-7-12-23(38-2)22(31)15-18)32-14-13-17-5-3-4-6-21(17)26(24)32/h3-15,24-27H,1-2H3/t24-,25+,26+,27-/m1/s1. The summed E-state index contributed by atoms with van der Waals surface area (Å²) in [5.41, 5.74) is 2.61. The number of imide groups is 1. The Kier molecular flexibility index (Phi) is 6.10. The molecule has 2 amide bonds. The molecular formula is C30H23BrN2O6. The van der Waals surface area contributed by atoms with Crippen LogP contribution in [-0.2, 0) is 14.4 Å². The van der Waals surface area contributed by atoms with E-state index >= 15 is 0 Å².